The van der Waals surface area contributed by atoms with Crippen LogP contribution in [0.3, 0.4) is 0 Å². The molecular formula is C22H29N3O. The Hall–Kier alpha value is -2.49. The van der Waals surface area contributed by atoms with Gasteiger partial charge in [0.25, 0.3) is 0 Å². The number of phenols is 1. The van der Waals surface area contributed by atoms with E-state index in [2.05, 4.69) is 41.8 Å². The van der Waals surface area contributed by atoms with Gasteiger partial charge in [-0.3, -0.25) is 0 Å². The summed E-state index contributed by atoms with van der Waals surface area (Å²) in [4.78, 5) is 4.89. The van der Waals surface area contributed by atoms with Crippen molar-refractivity contribution in [2.24, 2.45) is 4.99 Å². The first-order chi connectivity index (χ1) is 12.7. The predicted octanol–water partition coefficient (Wildman–Crippen LogP) is 4.71. The number of para-hydroxylation sites is 2. The van der Waals surface area contributed by atoms with Gasteiger partial charge in [0, 0.05) is 6.04 Å². The first-order valence-corrected chi connectivity index (χ1v) is 9.64. The fourth-order valence-electron chi connectivity index (χ4n) is 3.36. The molecule has 1 aliphatic rings. The summed E-state index contributed by atoms with van der Waals surface area (Å²) in [7, 11) is 0. The molecule has 0 radical (unpaired) electrons. The molecule has 2 aromatic rings. The normalized spacial score (nSPS) is 16.4. The predicted molar refractivity (Wildman–Crippen MR) is 109 cm³/mol. The van der Waals surface area contributed by atoms with Crippen LogP contribution in [0.25, 0.3) is 0 Å². The third kappa shape index (κ3) is 5.51. The second-order valence-electron chi connectivity index (χ2n) is 7.13. The maximum Gasteiger partial charge on any atom is 0.196 e. The fraction of sp³-hybridized carbons (Fsp3) is 0.409. The van der Waals surface area contributed by atoms with Gasteiger partial charge in [0.05, 0.1) is 11.7 Å². The number of nitrogens with one attached hydrogen (secondary N) is 2. The van der Waals surface area contributed by atoms with E-state index in [9.17, 15) is 5.11 Å². The zero-order valence-corrected chi connectivity index (χ0v) is 15.5. The van der Waals surface area contributed by atoms with Gasteiger partial charge in [-0.2, -0.15) is 0 Å². The van der Waals surface area contributed by atoms with Gasteiger partial charge in [-0.15, -0.1) is 0 Å². The quantitative estimate of drug-likeness (QED) is 0.401. The number of benzene rings is 2. The number of hydrogen-bond acceptors (Lipinski definition) is 2. The van der Waals surface area contributed by atoms with Crippen LogP contribution in [-0.4, -0.2) is 23.1 Å². The van der Waals surface area contributed by atoms with Crippen molar-refractivity contribution < 1.29 is 5.11 Å². The molecule has 4 nitrogen and oxygen atoms in total. The van der Waals surface area contributed by atoms with Crippen molar-refractivity contribution >= 4 is 11.6 Å². The Morgan fingerprint density at radius 1 is 1.08 bits per heavy atom. The molecule has 1 fully saturated rings. The first kappa shape index (κ1) is 18.3. The van der Waals surface area contributed by atoms with E-state index in [1.54, 1.807) is 6.07 Å². The van der Waals surface area contributed by atoms with Crippen LogP contribution in [0, 0.1) is 0 Å². The molecule has 3 N–H and O–H groups in total. The number of nitrogens with zero attached hydrogens (tertiary/aromatic N) is 1. The van der Waals surface area contributed by atoms with E-state index in [-0.39, 0.29) is 11.8 Å². The van der Waals surface area contributed by atoms with Gasteiger partial charge in [-0.1, -0.05) is 55.3 Å². The molecule has 0 heterocycles. The summed E-state index contributed by atoms with van der Waals surface area (Å²) in [5, 5.41) is 16.9. The summed E-state index contributed by atoms with van der Waals surface area (Å²) >= 11 is 0. The Bertz CT molecular complexity index is 708. The lowest BCUT2D eigenvalue weighted by molar-refractivity contribution is 0.477. The third-order valence-electron chi connectivity index (χ3n) is 4.89. The molecule has 0 spiro atoms. The maximum atomic E-state index is 10.1. The highest BCUT2D eigenvalue weighted by Crippen LogP contribution is 2.23. The second-order valence-corrected chi connectivity index (χ2v) is 7.13. The van der Waals surface area contributed by atoms with Crippen molar-refractivity contribution in [1.82, 2.24) is 5.32 Å². The lowest BCUT2D eigenvalue weighted by Gasteiger charge is -2.20. The molecule has 1 saturated carbocycles. The molecule has 4 heteroatoms. The highest BCUT2D eigenvalue weighted by molar-refractivity contribution is 5.95. The standard InChI is InChI=1S/C22H29N3O/c1-17(15-16-18-9-3-2-4-10-18)23-22(24-19-11-5-6-12-19)25-20-13-7-8-14-21(20)26/h2-4,7-10,13-14,17,19,26H,5-6,11-12,15-16H2,1H3,(H2,23,24,25). The van der Waals surface area contributed by atoms with Crippen molar-refractivity contribution in [3.8, 4) is 5.75 Å². The highest BCUT2D eigenvalue weighted by atomic mass is 16.3. The average molecular weight is 351 g/mol. The summed E-state index contributed by atoms with van der Waals surface area (Å²) in [5.74, 6) is 1.00. The zero-order chi connectivity index (χ0) is 18.2. The summed E-state index contributed by atoms with van der Waals surface area (Å²) in [5.41, 5.74) is 2.04. The van der Waals surface area contributed by atoms with Crippen LogP contribution in [0.4, 0.5) is 5.69 Å². The van der Waals surface area contributed by atoms with Crippen molar-refractivity contribution in [2.75, 3.05) is 5.32 Å². The number of anilines is 1. The van der Waals surface area contributed by atoms with Crippen LogP contribution in [0.2, 0.25) is 0 Å². The van der Waals surface area contributed by atoms with Crippen LogP contribution in [-0.2, 0) is 6.42 Å². The van der Waals surface area contributed by atoms with Crippen LogP contribution in [0.15, 0.2) is 59.6 Å². The summed E-state index contributed by atoms with van der Waals surface area (Å²) in [6, 6.07) is 18.5. The molecule has 2 aromatic carbocycles. The average Bonchev–Trinajstić information content (AvgIpc) is 3.16. The fourth-order valence-corrected chi connectivity index (χ4v) is 3.36. The van der Waals surface area contributed by atoms with E-state index in [1.807, 2.05) is 24.3 Å². The number of rotatable bonds is 6. The number of aryl methyl sites for hydroxylation is 1. The molecule has 0 aromatic heterocycles. The topological polar surface area (TPSA) is 56.7 Å². The zero-order valence-electron chi connectivity index (χ0n) is 15.5. The molecule has 138 valence electrons. The number of guanidine groups is 1. The van der Waals surface area contributed by atoms with E-state index in [0.29, 0.717) is 11.7 Å². The van der Waals surface area contributed by atoms with Crippen LogP contribution < -0.4 is 10.6 Å². The lowest BCUT2D eigenvalue weighted by atomic mass is 10.1. The Morgan fingerprint density at radius 3 is 2.50 bits per heavy atom. The van der Waals surface area contributed by atoms with E-state index >= 15 is 0 Å². The first-order valence-electron chi connectivity index (χ1n) is 9.64. The maximum absolute atomic E-state index is 10.1. The lowest BCUT2D eigenvalue weighted by Crippen LogP contribution is -2.38. The summed E-state index contributed by atoms with van der Waals surface area (Å²) < 4.78 is 0. The van der Waals surface area contributed by atoms with Crippen molar-refractivity contribution in [1.29, 1.82) is 0 Å². The molecule has 26 heavy (non-hydrogen) atoms. The summed E-state index contributed by atoms with van der Waals surface area (Å²) in [6.45, 7) is 2.18. The van der Waals surface area contributed by atoms with Gasteiger partial charge in [-0.05, 0) is 50.3 Å². The van der Waals surface area contributed by atoms with E-state index in [1.165, 1.54) is 18.4 Å². The largest absolute Gasteiger partial charge is 0.506 e. The van der Waals surface area contributed by atoms with E-state index in [0.717, 1.165) is 31.6 Å². The SMILES string of the molecule is CC(CCc1ccccc1)NC(=NC1CCCC1)Nc1ccccc1O. The Balaban J connectivity index is 1.63. The Labute approximate surface area is 156 Å². The number of aromatic hydroxyl groups is 1. The third-order valence-corrected chi connectivity index (χ3v) is 4.89. The van der Waals surface area contributed by atoms with E-state index < -0.39 is 0 Å². The van der Waals surface area contributed by atoms with Crippen molar-refractivity contribution in [2.45, 2.75) is 57.5 Å². The van der Waals surface area contributed by atoms with Crippen LogP contribution >= 0.6 is 0 Å². The minimum atomic E-state index is 0.241. The molecule has 0 bridgehead atoms. The van der Waals surface area contributed by atoms with Gasteiger partial charge in [0.15, 0.2) is 5.96 Å². The second kappa shape index (κ2) is 9.27. The van der Waals surface area contributed by atoms with Gasteiger partial charge in [-0.25, -0.2) is 4.99 Å². The van der Waals surface area contributed by atoms with Gasteiger partial charge in [0.1, 0.15) is 5.75 Å². The van der Waals surface area contributed by atoms with Crippen molar-refractivity contribution in [3.05, 3.63) is 60.2 Å². The molecule has 0 saturated heterocycles. The van der Waals surface area contributed by atoms with Gasteiger partial charge >= 0.3 is 0 Å². The van der Waals surface area contributed by atoms with Crippen molar-refractivity contribution in [3.63, 3.8) is 0 Å². The number of phenolic OH excluding ortho intramolecular Hbond substituents is 1. The molecule has 0 amide bonds. The van der Waals surface area contributed by atoms with Crippen LogP contribution in [0.5, 0.6) is 5.75 Å². The number of aliphatic imine (C=N–C) groups is 1. The molecule has 1 unspecified atom stereocenters. The highest BCUT2D eigenvalue weighted by Gasteiger charge is 2.16. The Morgan fingerprint density at radius 2 is 1.77 bits per heavy atom. The minimum Gasteiger partial charge on any atom is -0.506 e. The minimum absolute atomic E-state index is 0.241. The molecule has 1 atom stereocenters. The number of hydrogen-bond donors (Lipinski definition) is 3. The Kier molecular flexibility index (Phi) is 6.53. The van der Waals surface area contributed by atoms with Gasteiger partial charge < -0.3 is 15.7 Å². The molecule has 1 aliphatic carbocycles. The molecule has 3 rings (SSSR count). The smallest absolute Gasteiger partial charge is 0.196 e. The van der Waals surface area contributed by atoms with Crippen LogP contribution in [0.1, 0.15) is 44.6 Å². The van der Waals surface area contributed by atoms with Gasteiger partial charge in [0.2, 0.25) is 0 Å². The summed E-state index contributed by atoms with van der Waals surface area (Å²) in [6.07, 6.45) is 6.85. The van der Waals surface area contributed by atoms with E-state index in [4.69, 9.17) is 4.99 Å². The molecule has 0 aliphatic heterocycles. The molecular weight excluding hydrogens is 322 g/mol. The monoisotopic (exact) mass is 351 g/mol.